The summed E-state index contributed by atoms with van der Waals surface area (Å²) in [6, 6.07) is 9.44. The van der Waals surface area contributed by atoms with E-state index in [1.54, 1.807) is 36.4 Å². The number of halogens is 2. The highest BCUT2D eigenvalue weighted by atomic mass is 35.5. The van der Waals surface area contributed by atoms with Crippen LogP contribution in [0.1, 0.15) is 43.0 Å². The van der Waals surface area contributed by atoms with Crippen LogP contribution in [0.2, 0.25) is 10.0 Å². The molecule has 2 saturated heterocycles. The van der Waals surface area contributed by atoms with Crippen LogP contribution in [0.4, 0.5) is 0 Å². The van der Waals surface area contributed by atoms with E-state index in [-0.39, 0.29) is 17.4 Å². The minimum absolute atomic E-state index is 0.00409. The Kier molecular flexibility index (Phi) is 8.80. The Hall–Kier alpha value is -2.58. The van der Waals surface area contributed by atoms with Crippen LogP contribution in [-0.2, 0) is 14.3 Å². The van der Waals surface area contributed by atoms with Crippen molar-refractivity contribution in [3.63, 3.8) is 0 Å². The van der Waals surface area contributed by atoms with Gasteiger partial charge in [-0.15, -0.1) is 0 Å². The van der Waals surface area contributed by atoms with Gasteiger partial charge in [0.25, 0.3) is 11.7 Å². The Bertz CT molecular complexity index is 1210. The molecule has 0 saturated carbocycles. The van der Waals surface area contributed by atoms with Crippen molar-refractivity contribution < 1.29 is 24.2 Å². The van der Waals surface area contributed by atoms with Crippen molar-refractivity contribution in [1.29, 1.82) is 0 Å². The fraction of sp³-hybridized carbons (Fsp3) is 0.429. The van der Waals surface area contributed by atoms with Gasteiger partial charge in [0.05, 0.1) is 41.0 Å². The van der Waals surface area contributed by atoms with Crippen LogP contribution in [0.15, 0.2) is 42.0 Å². The average molecular weight is 547 g/mol. The largest absolute Gasteiger partial charge is 0.507 e. The van der Waals surface area contributed by atoms with Crippen molar-refractivity contribution in [2.45, 2.75) is 39.3 Å². The highest BCUT2D eigenvalue weighted by Crippen LogP contribution is 2.41. The summed E-state index contributed by atoms with van der Waals surface area (Å²) in [6.07, 6.45) is 0.668. The summed E-state index contributed by atoms with van der Waals surface area (Å²) < 4.78 is 11.2. The monoisotopic (exact) mass is 546 g/mol. The van der Waals surface area contributed by atoms with Crippen molar-refractivity contribution in [2.75, 3.05) is 39.4 Å². The number of aryl methyl sites for hydroxylation is 1. The number of Topliss-reactive ketones (excluding diaryl/α,β-unsaturated/α-hetero) is 1. The maximum absolute atomic E-state index is 13.3. The topological polar surface area (TPSA) is 79.3 Å². The lowest BCUT2D eigenvalue weighted by Gasteiger charge is -2.29. The maximum Gasteiger partial charge on any atom is 0.295 e. The van der Waals surface area contributed by atoms with Gasteiger partial charge < -0.3 is 19.5 Å². The quantitative estimate of drug-likeness (QED) is 0.277. The Morgan fingerprint density at radius 2 is 1.81 bits per heavy atom. The lowest BCUT2D eigenvalue weighted by Crippen LogP contribution is -2.38. The number of rotatable bonds is 8. The smallest absolute Gasteiger partial charge is 0.295 e. The second kappa shape index (κ2) is 11.9. The molecule has 2 aliphatic heterocycles. The summed E-state index contributed by atoms with van der Waals surface area (Å²) >= 11 is 12.5. The summed E-state index contributed by atoms with van der Waals surface area (Å²) in [5.74, 6) is -0.906. The SMILES string of the molecule is Cc1cc(C(O)=C2C(=O)C(=O)N(CCCN3CCOCC3)[C@@H]2c2ccc(Cl)c(Cl)c2)ccc1OC(C)C. The molecular weight excluding hydrogens is 515 g/mol. The van der Waals surface area contributed by atoms with E-state index < -0.39 is 17.7 Å². The summed E-state index contributed by atoms with van der Waals surface area (Å²) in [6.45, 7) is 9.92. The molecule has 0 aliphatic carbocycles. The van der Waals surface area contributed by atoms with Gasteiger partial charge in [-0.2, -0.15) is 0 Å². The molecule has 1 N–H and O–H groups in total. The van der Waals surface area contributed by atoms with Crippen LogP contribution in [0.3, 0.4) is 0 Å². The lowest BCUT2D eigenvalue weighted by atomic mass is 9.94. The number of aliphatic hydroxyl groups is 1. The number of carbonyl (C=O) groups is 2. The molecule has 1 amide bonds. The predicted octanol–water partition coefficient (Wildman–Crippen LogP) is 5.23. The lowest BCUT2D eigenvalue weighted by molar-refractivity contribution is -0.140. The van der Waals surface area contributed by atoms with Crippen molar-refractivity contribution in [3.8, 4) is 5.75 Å². The van der Waals surface area contributed by atoms with Crippen LogP contribution < -0.4 is 4.74 Å². The third kappa shape index (κ3) is 6.12. The van der Waals surface area contributed by atoms with Crippen molar-refractivity contribution in [3.05, 3.63) is 68.7 Å². The van der Waals surface area contributed by atoms with Gasteiger partial charge in [0.1, 0.15) is 11.5 Å². The molecule has 0 radical (unpaired) electrons. The second-order valence-electron chi connectivity index (χ2n) is 9.62. The molecule has 1 atom stereocenters. The summed E-state index contributed by atoms with van der Waals surface area (Å²) in [5, 5.41) is 12.0. The van der Waals surface area contributed by atoms with E-state index in [9.17, 15) is 14.7 Å². The number of amides is 1. The number of hydrogen-bond acceptors (Lipinski definition) is 6. The summed E-state index contributed by atoms with van der Waals surface area (Å²) in [5.41, 5.74) is 1.89. The van der Waals surface area contributed by atoms with E-state index in [2.05, 4.69) is 4.90 Å². The summed E-state index contributed by atoms with van der Waals surface area (Å²) in [7, 11) is 0. The Balaban J connectivity index is 1.70. The molecule has 0 unspecified atom stereocenters. The molecule has 0 bridgehead atoms. The van der Waals surface area contributed by atoms with E-state index in [0.29, 0.717) is 53.1 Å². The number of likely N-dealkylation sites (tertiary alicyclic amines) is 1. The fourth-order valence-electron chi connectivity index (χ4n) is 4.77. The van der Waals surface area contributed by atoms with Gasteiger partial charge in [-0.25, -0.2) is 0 Å². The average Bonchev–Trinajstić information content (AvgIpc) is 3.12. The number of morpholine rings is 1. The minimum Gasteiger partial charge on any atom is -0.507 e. The minimum atomic E-state index is -0.786. The Morgan fingerprint density at radius 3 is 2.46 bits per heavy atom. The molecule has 2 aromatic rings. The molecule has 2 aromatic carbocycles. The van der Waals surface area contributed by atoms with E-state index >= 15 is 0 Å². The Labute approximate surface area is 227 Å². The first-order chi connectivity index (χ1) is 17.7. The third-order valence-corrected chi connectivity index (χ3v) is 7.33. The van der Waals surface area contributed by atoms with Crippen molar-refractivity contribution >= 4 is 40.7 Å². The first-order valence-electron chi connectivity index (χ1n) is 12.5. The molecular formula is C28H32Cl2N2O5. The zero-order valence-electron chi connectivity index (χ0n) is 21.3. The molecule has 9 heteroatoms. The molecule has 7 nitrogen and oxygen atoms in total. The van der Waals surface area contributed by atoms with Crippen molar-refractivity contribution in [1.82, 2.24) is 9.80 Å². The van der Waals surface area contributed by atoms with E-state index in [1.807, 2.05) is 20.8 Å². The van der Waals surface area contributed by atoms with Gasteiger partial charge >= 0.3 is 0 Å². The van der Waals surface area contributed by atoms with Crippen LogP contribution in [0, 0.1) is 6.92 Å². The van der Waals surface area contributed by atoms with Crippen LogP contribution >= 0.6 is 23.2 Å². The zero-order valence-corrected chi connectivity index (χ0v) is 22.8. The van der Waals surface area contributed by atoms with Gasteiger partial charge in [-0.1, -0.05) is 29.3 Å². The van der Waals surface area contributed by atoms with E-state index in [1.165, 1.54) is 4.90 Å². The first-order valence-corrected chi connectivity index (χ1v) is 13.2. The van der Waals surface area contributed by atoms with E-state index in [4.69, 9.17) is 32.7 Å². The number of nitrogens with zero attached hydrogens (tertiary/aromatic N) is 2. The number of ether oxygens (including phenoxy) is 2. The van der Waals surface area contributed by atoms with Crippen molar-refractivity contribution in [2.24, 2.45) is 0 Å². The number of hydrogen-bond donors (Lipinski definition) is 1. The molecule has 2 fully saturated rings. The summed E-state index contributed by atoms with van der Waals surface area (Å²) in [4.78, 5) is 30.3. The van der Waals surface area contributed by atoms with Gasteiger partial charge in [0.2, 0.25) is 0 Å². The number of aliphatic hydroxyl groups excluding tert-OH is 1. The standard InChI is InChI=1S/C28H32Cl2N2O5/c1-17(2)37-23-8-6-20(15-18(23)3)26(33)24-25(19-5-7-21(29)22(30)16-19)32(28(35)27(24)34)10-4-9-31-11-13-36-14-12-31/h5-8,15-17,25,33H,4,9-14H2,1-3H3/t25-/m1/s1. The number of ketones is 1. The molecule has 2 aliphatic rings. The number of carbonyl (C=O) groups excluding carboxylic acids is 2. The van der Waals surface area contributed by atoms with E-state index in [0.717, 1.165) is 25.2 Å². The van der Waals surface area contributed by atoms with Gasteiger partial charge in [0.15, 0.2) is 0 Å². The first kappa shape index (κ1) is 27.5. The number of benzene rings is 2. The molecule has 2 heterocycles. The van der Waals surface area contributed by atoms with Gasteiger partial charge in [-0.05, 0) is 68.7 Å². The molecule has 0 aromatic heterocycles. The zero-order chi connectivity index (χ0) is 26.7. The second-order valence-corrected chi connectivity index (χ2v) is 10.4. The highest BCUT2D eigenvalue weighted by molar-refractivity contribution is 6.46. The predicted molar refractivity (Wildman–Crippen MR) is 144 cm³/mol. The Morgan fingerprint density at radius 1 is 1.08 bits per heavy atom. The molecule has 0 spiro atoms. The van der Waals surface area contributed by atoms with Crippen LogP contribution in [0.25, 0.3) is 5.76 Å². The van der Waals surface area contributed by atoms with Crippen LogP contribution in [0.5, 0.6) is 5.75 Å². The van der Waals surface area contributed by atoms with Gasteiger partial charge in [-0.3, -0.25) is 14.5 Å². The van der Waals surface area contributed by atoms with Gasteiger partial charge in [0, 0.05) is 31.7 Å². The molecule has 4 rings (SSSR count). The normalized spacial score (nSPS) is 20.2. The third-order valence-electron chi connectivity index (χ3n) is 6.59. The molecule has 198 valence electrons. The highest BCUT2D eigenvalue weighted by Gasteiger charge is 2.46. The molecule has 37 heavy (non-hydrogen) atoms. The fourth-order valence-corrected chi connectivity index (χ4v) is 5.07. The van der Waals surface area contributed by atoms with Crippen LogP contribution in [-0.4, -0.2) is 72.1 Å². The maximum atomic E-state index is 13.3.